The van der Waals surface area contributed by atoms with Crippen molar-refractivity contribution in [2.24, 2.45) is 0 Å². The van der Waals surface area contributed by atoms with Gasteiger partial charge in [0.25, 0.3) is 0 Å². The van der Waals surface area contributed by atoms with Crippen molar-refractivity contribution in [2.45, 2.75) is 31.9 Å². The Morgan fingerprint density at radius 3 is 2.18 bits per heavy atom. The lowest BCUT2D eigenvalue weighted by Crippen LogP contribution is -2.20. The fraction of sp³-hybridized carbons (Fsp3) is 1.00. The second-order valence-corrected chi connectivity index (χ2v) is 5.57. The van der Waals surface area contributed by atoms with Gasteiger partial charge in [0.2, 0.25) is 0 Å². The summed E-state index contributed by atoms with van der Waals surface area (Å²) in [6.45, 7) is 8.07. The van der Waals surface area contributed by atoms with Crippen molar-refractivity contribution in [1.29, 1.82) is 0 Å². The molecule has 0 atom stereocenters. The molecule has 0 saturated carbocycles. The van der Waals surface area contributed by atoms with Crippen LogP contribution in [0.15, 0.2) is 0 Å². The van der Waals surface area contributed by atoms with Gasteiger partial charge in [0, 0.05) is 17.0 Å². The SMILES string of the molecule is CCC(C)(C)SCCN(C)C. The predicted octanol–water partition coefficient (Wildman–Crippen LogP) is 2.47. The van der Waals surface area contributed by atoms with Crippen LogP contribution in [0, 0.1) is 0 Å². The second-order valence-electron chi connectivity index (χ2n) is 3.76. The van der Waals surface area contributed by atoms with E-state index in [-0.39, 0.29) is 0 Å². The molecule has 68 valence electrons. The van der Waals surface area contributed by atoms with Crippen molar-refractivity contribution >= 4 is 11.8 Å². The van der Waals surface area contributed by atoms with E-state index >= 15 is 0 Å². The summed E-state index contributed by atoms with van der Waals surface area (Å²) in [5, 5.41) is 0. The van der Waals surface area contributed by atoms with Gasteiger partial charge in [-0.2, -0.15) is 11.8 Å². The van der Waals surface area contributed by atoms with Crippen LogP contribution in [0.25, 0.3) is 0 Å². The molecule has 0 saturated heterocycles. The molecule has 0 aromatic rings. The fourth-order valence-corrected chi connectivity index (χ4v) is 1.82. The van der Waals surface area contributed by atoms with Crippen LogP contribution in [0.5, 0.6) is 0 Å². The van der Waals surface area contributed by atoms with E-state index in [0.717, 1.165) is 0 Å². The van der Waals surface area contributed by atoms with E-state index in [1.165, 1.54) is 18.7 Å². The molecule has 0 aliphatic rings. The average Bonchev–Trinajstić information content (AvgIpc) is 1.87. The van der Waals surface area contributed by atoms with Crippen LogP contribution in [-0.2, 0) is 0 Å². The van der Waals surface area contributed by atoms with Gasteiger partial charge in [-0.3, -0.25) is 0 Å². The molecule has 0 N–H and O–H groups in total. The molecule has 0 amide bonds. The molecule has 0 spiro atoms. The molecular weight excluding hydrogens is 154 g/mol. The smallest absolute Gasteiger partial charge is 0.0101 e. The summed E-state index contributed by atoms with van der Waals surface area (Å²) in [6, 6.07) is 0. The minimum atomic E-state index is 0.468. The summed E-state index contributed by atoms with van der Waals surface area (Å²) in [4.78, 5) is 2.23. The Balaban J connectivity index is 3.38. The topological polar surface area (TPSA) is 3.24 Å². The van der Waals surface area contributed by atoms with Crippen molar-refractivity contribution < 1.29 is 0 Å². The summed E-state index contributed by atoms with van der Waals surface area (Å²) >= 11 is 2.07. The van der Waals surface area contributed by atoms with Crippen LogP contribution in [0.4, 0.5) is 0 Å². The lowest BCUT2D eigenvalue weighted by atomic mass is 10.1. The highest BCUT2D eigenvalue weighted by Gasteiger charge is 2.14. The fourth-order valence-electron chi connectivity index (χ4n) is 0.607. The van der Waals surface area contributed by atoms with Gasteiger partial charge in [0.05, 0.1) is 0 Å². The maximum atomic E-state index is 2.31. The molecule has 0 rings (SSSR count). The third-order valence-corrected chi connectivity index (χ3v) is 3.34. The highest BCUT2D eigenvalue weighted by Crippen LogP contribution is 2.26. The minimum Gasteiger partial charge on any atom is -0.309 e. The molecule has 0 aromatic heterocycles. The Hall–Kier alpha value is 0.310. The van der Waals surface area contributed by atoms with Crippen LogP contribution in [-0.4, -0.2) is 36.0 Å². The third kappa shape index (κ3) is 6.70. The zero-order valence-electron chi connectivity index (χ0n) is 8.48. The number of hydrogen-bond donors (Lipinski definition) is 0. The standard InChI is InChI=1S/C9H21NS/c1-6-9(2,3)11-8-7-10(4)5/h6-8H2,1-5H3. The summed E-state index contributed by atoms with van der Waals surface area (Å²) in [5.74, 6) is 1.24. The third-order valence-electron chi connectivity index (χ3n) is 1.88. The first-order chi connectivity index (χ1) is 4.98. The normalized spacial score (nSPS) is 12.5. The zero-order chi connectivity index (χ0) is 8.91. The summed E-state index contributed by atoms with van der Waals surface area (Å²) < 4.78 is 0.468. The quantitative estimate of drug-likeness (QED) is 0.631. The molecule has 0 heterocycles. The van der Waals surface area contributed by atoms with Gasteiger partial charge in [-0.05, 0) is 20.5 Å². The molecular formula is C9H21NS. The van der Waals surface area contributed by atoms with Crippen molar-refractivity contribution in [3.05, 3.63) is 0 Å². The Bertz CT molecular complexity index is 99.7. The maximum absolute atomic E-state index is 2.31. The van der Waals surface area contributed by atoms with E-state index < -0.39 is 0 Å². The van der Waals surface area contributed by atoms with Crippen molar-refractivity contribution in [2.75, 3.05) is 26.4 Å². The molecule has 11 heavy (non-hydrogen) atoms. The Labute approximate surface area is 75.5 Å². The first-order valence-corrected chi connectivity index (χ1v) is 5.25. The molecule has 0 bridgehead atoms. The molecule has 0 radical (unpaired) electrons. The zero-order valence-corrected chi connectivity index (χ0v) is 9.29. The van der Waals surface area contributed by atoms with Gasteiger partial charge in [0.15, 0.2) is 0 Å². The number of hydrogen-bond acceptors (Lipinski definition) is 2. The van der Waals surface area contributed by atoms with E-state index in [9.17, 15) is 0 Å². The van der Waals surface area contributed by atoms with E-state index in [1.807, 2.05) is 0 Å². The largest absolute Gasteiger partial charge is 0.309 e. The molecule has 0 aromatic carbocycles. The lowest BCUT2D eigenvalue weighted by molar-refractivity contribution is 0.436. The Kier molecular flexibility index (Phi) is 5.19. The second kappa shape index (κ2) is 5.04. The van der Waals surface area contributed by atoms with Gasteiger partial charge in [-0.15, -0.1) is 0 Å². The van der Waals surface area contributed by atoms with Crippen LogP contribution in [0.2, 0.25) is 0 Å². The summed E-state index contributed by atoms with van der Waals surface area (Å²) in [6.07, 6.45) is 1.26. The maximum Gasteiger partial charge on any atom is 0.0101 e. The number of nitrogens with zero attached hydrogens (tertiary/aromatic N) is 1. The Morgan fingerprint density at radius 2 is 1.82 bits per heavy atom. The monoisotopic (exact) mass is 175 g/mol. The van der Waals surface area contributed by atoms with E-state index in [0.29, 0.717) is 4.75 Å². The Morgan fingerprint density at radius 1 is 1.27 bits per heavy atom. The molecule has 1 nitrogen and oxygen atoms in total. The van der Waals surface area contributed by atoms with Gasteiger partial charge < -0.3 is 4.90 Å². The van der Waals surface area contributed by atoms with E-state index in [1.54, 1.807) is 0 Å². The van der Waals surface area contributed by atoms with Gasteiger partial charge in [0.1, 0.15) is 0 Å². The molecule has 0 aliphatic carbocycles. The molecule has 2 heteroatoms. The lowest BCUT2D eigenvalue weighted by Gasteiger charge is -2.22. The number of thioether (sulfide) groups is 1. The molecule has 0 unspecified atom stereocenters. The van der Waals surface area contributed by atoms with Gasteiger partial charge in [-0.25, -0.2) is 0 Å². The molecule has 0 fully saturated rings. The molecule has 0 aliphatic heterocycles. The van der Waals surface area contributed by atoms with Gasteiger partial charge >= 0.3 is 0 Å². The first-order valence-electron chi connectivity index (χ1n) is 4.26. The first kappa shape index (κ1) is 11.3. The van der Waals surface area contributed by atoms with Gasteiger partial charge in [-0.1, -0.05) is 20.8 Å². The van der Waals surface area contributed by atoms with Crippen LogP contribution >= 0.6 is 11.8 Å². The van der Waals surface area contributed by atoms with E-state index in [4.69, 9.17) is 0 Å². The predicted molar refractivity (Wildman–Crippen MR) is 55.4 cm³/mol. The average molecular weight is 175 g/mol. The summed E-state index contributed by atoms with van der Waals surface area (Å²) in [5.41, 5.74) is 0. The van der Waals surface area contributed by atoms with Crippen molar-refractivity contribution in [3.8, 4) is 0 Å². The number of rotatable bonds is 5. The van der Waals surface area contributed by atoms with E-state index in [2.05, 4.69) is 51.5 Å². The van der Waals surface area contributed by atoms with Crippen LogP contribution < -0.4 is 0 Å². The van der Waals surface area contributed by atoms with Crippen molar-refractivity contribution in [3.63, 3.8) is 0 Å². The highest BCUT2D eigenvalue weighted by molar-refractivity contribution is 8.00. The van der Waals surface area contributed by atoms with Crippen LogP contribution in [0.3, 0.4) is 0 Å². The van der Waals surface area contributed by atoms with Crippen molar-refractivity contribution in [1.82, 2.24) is 4.90 Å². The highest BCUT2D eigenvalue weighted by atomic mass is 32.2. The summed E-state index contributed by atoms with van der Waals surface area (Å²) in [7, 11) is 4.25. The van der Waals surface area contributed by atoms with Crippen LogP contribution in [0.1, 0.15) is 27.2 Å². The minimum absolute atomic E-state index is 0.468.